The second kappa shape index (κ2) is 8.83. The third kappa shape index (κ3) is 3.68. The Kier molecular flexibility index (Phi) is 5.71. The van der Waals surface area contributed by atoms with Crippen molar-refractivity contribution in [3.63, 3.8) is 0 Å². The summed E-state index contributed by atoms with van der Waals surface area (Å²) in [5.74, 6) is 1.00. The number of aromatic hydroxyl groups is 1. The number of anilines is 1. The normalized spacial score (nSPS) is 17.6. The molecular formula is C27H26N4O2S. The Labute approximate surface area is 204 Å². The number of hydrogen-bond acceptors (Lipinski definition) is 4. The number of aromatic nitrogens is 2. The van der Waals surface area contributed by atoms with Gasteiger partial charge in [-0.25, -0.2) is 0 Å². The highest BCUT2D eigenvalue weighted by molar-refractivity contribution is 7.80. The second-order valence-corrected chi connectivity index (χ2v) is 8.73. The average Bonchev–Trinajstić information content (AvgIpc) is 3.35. The molecule has 0 spiro atoms. The number of rotatable bonds is 5. The van der Waals surface area contributed by atoms with Gasteiger partial charge in [-0.05, 0) is 86.2 Å². The van der Waals surface area contributed by atoms with Crippen LogP contribution in [0.2, 0.25) is 0 Å². The molecule has 6 nitrogen and oxygen atoms in total. The van der Waals surface area contributed by atoms with Crippen LogP contribution >= 0.6 is 12.2 Å². The fourth-order valence-corrected chi connectivity index (χ4v) is 5.18. The van der Waals surface area contributed by atoms with E-state index in [1.807, 2.05) is 60.8 Å². The molecule has 0 radical (unpaired) electrons. The molecule has 172 valence electrons. The summed E-state index contributed by atoms with van der Waals surface area (Å²) in [6.07, 6.45) is 1.81. The second-order valence-electron chi connectivity index (χ2n) is 8.35. The lowest BCUT2D eigenvalue weighted by molar-refractivity contribution is 0.414. The van der Waals surface area contributed by atoms with Crippen molar-refractivity contribution in [2.75, 3.05) is 12.0 Å². The molecule has 2 atom stereocenters. The summed E-state index contributed by atoms with van der Waals surface area (Å²) in [5, 5.41) is 13.9. The Morgan fingerprint density at radius 2 is 1.74 bits per heavy atom. The van der Waals surface area contributed by atoms with Gasteiger partial charge in [0.2, 0.25) is 0 Å². The molecule has 0 unspecified atom stereocenters. The van der Waals surface area contributed by atoms with Crippen molar-refractivity contribution in [3.05, 3.63) is 102 Å². The summed E-state index contributed by atoms with van der Waals surface area (Å²) in [6, 6.07) is 23.0. The summed E-state index contributed by atoms with van der Waals surface area (Å²) in [6.45, 7) is 4.21. The number of methoxy groups -OCH3 is 1. The first kappa shape index (κ1) is 22.0. The minimum atomic E-state index is -0.146. The number of nitrogens with zero attached hydrogens (tertiary/aromatic N) is 3. The number of aryl methyl sites for hydroxylation is 1. The van der Waals surface area contributed by atoms with Crippen LogP contribution in [0.25, 0.3) is 5.69 Å². The largest absolute Gasteiger partial charge is 0.508 e. The first-order valence-electron chi connectivity index (χ1n) is 11.1. The predicted octanol–water partition coefficient (Wildman–Crippen LogP) is 5.38. The third-order valence-corrected chi connectivity index (χ3v) is 6.65. The van der Waals surface area contributed by atoms with Crippen molar-refractivity contribution in [3.8, 4) is 17.2 Å². The van der Waals surface area contributed by atoms with Gasteiger partial charge in [-0.2, -0.15) is 0 Å². The summed E-state index contributed by atoms with van der Waals surface area (Å²) in [7, 11) is 1.67. The standard InChI is InChI=1S/C27H26N4O2S/c1-17-16-21(18(2)30(17)19-11-13-20(32)14-12-19)26-25(22-8-6-7-15-28-22)29-27(34)31(26)23-9-4-5-10-24(23)33-3/h4-16,25-26,32H,1-3H3,(H,29,34)/t25-,26+/m1/s1. The zero-order valence-electron chi connectivity index (χ0n) is 19.3. The highest BCUT2D eigenvalue weighted by atomic mass is 32.1. The molecule has 7 heteroatoms. The number of benzene rings is 2. The van der Waals surface area contributed by atoms with Crippen LogP contribution < -0.4 is 15.0 Å². The average molecular weight is 471 g/mol. The quantitative estimate of drug-likeness (QED) is 0.382. The molecule has 3 heterocycles. The monoisotopic (exact) mass is 470 g/mol. The molecule has 0 bridgehead atoms. The van der Waals surface area contributed by atoms with Gasteiger partial charge in [-0.3, -0.25) is 4.98 Å². The Balaban J connectivity index is 1.70. The maximum atomic E-state index is 9.76. The van der Waals surface area contributed by atoms with Crippen LogP contribution in [-0.4, -0.2) is 26.9 Å². The minimum Gasteiger partial charge on any atom is -0.508 e. The molecule has 0 amide bonds. The lowest BCUT2D eigenvalue weighted by atomic mass is 9.96. The van der Waals surface area contributed by atoms with Gasteiger partial charge in [0.05, 0.1) is 30.6 Å². The Morgan fingerprint density at radius 1 is 1.00 bits per heavy atom. The Hall–Kier alpha value is -3.84. The molecular weight excluding hydrogens is 444 g/mol. The van der Waals surface area contributed by atoms with Gasteiger partial charge in [0, 0.05) is 23.3 Å². The zero-order valence-corrected chi connectivity index (χ0v) is 20.1. The predicted molar refractivity (Wildman–Crippen MR) is 138 cm³/mol. The van der Waals surface area contributed by atoms with E-state index in [1.54, 1.807) is 19.2 Å². The topological polar surface area (TPSA) is 62.5 Å². The molecule has 1 saturated heterocycles. The van der Waals surface area contributed by atoms with E-state index in [-0.39, 0.29) is 17.8 Å². The van der Waals surface area contributed by atoms with Gasteiger partial charge in [-0.1, -0.05) is 18.2 Å². The van der Waals surface area contributed by atoms with E-state index in [0.29, 0.717) is 5.11 Å². The number of pyridine rings is 1. The molecule has 0 saturated carbocycles. The molecule has 0 aliphatic carbocycles. The van der Waals surface area contributed by atoms with E-state index in [2.05, 4.69) is 39.7 Å². The number of thiocarbonyl (C=S) groups is 1. The SMILES string of the molecule is COc1ccccc1N1C(=S)N[C@H](c2ccccn2)[C@@H]1c1cc(C)n(-c2ccc(O)cc2)c1C. The highest BCUT2D eigenvalue weighted by Crippen LogP contribution is 2.46. The van der Waals surface area contributed by atoms with Crippen molar-refractivity contribution in [1.82, 2.24) is 14.9 Å². The maximum Gasteiger partial charge on any atom is 0.174 e. The number of phenolic OH excluding ortho intramolecular Hbond substituents is 1. The molecule has 1 aliphatic heterocycles. The molecule has 2 aromatic carbocycles. The van der Waals surface area contributed by atoms with Crippen LogP contribution in [0, 0.1) is 13.8 Å². The molecule has 1 fully saturated rings. The van der Waals surface area contributed by atoms with Gasteiger partial charge < -0.3 is 24.6 Å². The number of nitrogens with one attached hydrogen (secondary N) is 1. The number of phenols is 1. The van der Waals surface area contributed by atoms with Gasteiger partial charge in [-0.15, -0.1) is 0 Å². The van der Waals surface area contributed by atoms with Crippen molar-refractivity contribution in [2.24, 2.45) is 0 Å². The fourth-order valence-electron chi connectivity index (χ4n) is 4.85. The molecule has 2 aromatic heterocycles. The van der Waals surface area contributed by atoms with E-state index in [1.165, 1.54) is 0 Å². The van der Waals surface area contributed by atoms with Gasteiger partial charge >= 0.3 is 0 Å². The van der Waals surface area contributed by atoms with Crippen LogP contribution in [0.3, 0.4) is 0 Å². The molecule has 4 aromatic rings. The number of ether oxygens (including phenoxy) is 1. The smallest absolute Gasteiger partial charge is 0.174 e. The van der Waals surface area contributed by atoms with Crippen LogP contribution in [0.1, 0.15) is 34.7 Å². The summed E-state index contributed by atoms with van der Waals surface area (Å²) >= 11 is 5.87. The first-order chi connectivity index (χ1) is 16.5. The summed E-state index contributed by atoms with van der Waals surface area (Å²) in [4.78, 5) is 6.79. The van der Waals surface area contributed by atoms with Crippen LogP contribution in [0.15, 0.2) is 79.0 Å². The number of hydrogen-bond donors (Lipinski definition) is 2. The van der Waals surface area contributed by atoms with Gasteiger partial charge in [0.25, 0.3) is 0 Å². The van der Waals surface area contributed by atoms with Crippen molar-refractivity contribution in [1.29, 1.82) is 0 Å². The molecule has 5 rings (SSSR count). The Morgan fingerprint density at radius 3 is 2.44 bits per heavy atom. The number of para-hydroxylation sites is 2. The third-order valence-electron chi connectivity index (χ3n) is 6.34. The van der Waals surface area contributed by atoms with E-state index < -0.39 is 0 Å². The summed E-state index contributed by atoms with van der Waals surface area (Å²) in [5.41, 5.74) is 6.14. The Bertz CT molecular complexity index is 1330. The maximum absolute atomic E-state index is 9.76. The lowest BCUT2D eigenvalue weighted by Gasteiger charge is -2.29. The summed E-state index contributed by atoms with van der Waals surface area (Å²) < 4.78 is 7.90. The van der Waals surface area contributed by atoms with E-state index in [0.717, 1.165) is 39.8 Å². The van der Waals surface area contributed by atoms with Crippen molar-refractivity contribution >= 4 is 23.0 Å². The molecule has 1 aliphatic rings. The van der Waals surface area contributed by atoms with Crippen molar-refractivity contribution < 1.29 is 9.84 Å². The lowest BCUT2D eigenvalue weighted by Crippen LogP contribution is -2.30. The van der Waals surface area contributed by atoms with Gasteiger partial charge in [0.1, 0.15) is 11.5 Å². The molecule has 34 heavy (non-hydrogen) atoms. The fraction of sp³-hybridized carbons (Fsp3) is 0.185. The molecule has 2 N–H and O–H groups in total. The highest BCUT2D eigenvalue weighted by Gasteiger charge is 2.43. The minimum absolute atomic E-state index is 0.143. The van der Waals surface area contributed by atoms with Gasteiger partial charge in [0.15, 0.2) is 5.11 Å². The van der Waals surface area contributed by atoms with Crippen LogP contribution in [0.5, 0.6) is 11.5 Å². The zero-order chi connectivity index (χ0) is 23.8. The van der Waals surface area contributed by atoms with Crippen LogP contribution in [-0.2, 0) is 0 Å². The van der Waals surface area contributed by atoms with E-state index in [4.69, 9.17) is 17.0 Å². The van der Waals surface area contributed by atoms with Crippen LogP contribution in [0.4, 0.5) is 5.69 Å². The first-order valence-corrected chi connectivity index (χ1v) is 11.5. The van der Waals surface area contributed by atoms with Crippen molar-refractivity contribution in [2.45, 2.75) is 25.9 Å². The van der Waals surface area contributed by atoms with E-state index >= 15 is 0 Å². The van der Waals surface area contributed by atoms with E-state index in [9.17, 15) is 5.11 Å².